The van der Waals surface area contributed by atoms with Gasteiger partial charge in [-0.15, -0.1) is 0 Å². The van der Waals surface area contributed by atoms with E-state index in [9.17, 15) is 0 Å². The fourth-order valence-electron chi connectivity index (χ4n) is 0.807. The van der Waals surface area contributed by atoms with Gasteiger partial charge in [0.05, 0.1) is 0 Å². The summed E-state index contributed by atoms with van der Waals surface area (Å²) >= 11 is 3.47. The maximum Gasteiger partial charge on any atom is 0.0326 e. The third-order valence-electron chi connectivity index (χ3n) is 1.34. The zero-order valence-corrected chi connectivity index (χ0v) is 6.26. The molecular formula is C6H10BrN. The number of rotatable bonds is 0. The van der Waals surface area contributed by atoms with Crippen LogP contribution in [0.2, 0.25) is 0 Å². The molecule has 2 atom stereocenters. The van der Waals surface area contributed by atoms with E-state index in [0.29, 0.717) is 10.9 Å². The van der Waals surface area contributed by atoms with Crippen LogP contribution in [0.4, 0.5) is 0 Å². The molecule has 1 aliphatic carbocycles. The minimum Gasteiger partial charge on any atom is -0.324 e. The summed E-state index contributed by atoms with van der Waals surface area (Å²) in [5, 5.41) is 0. The Bertz CT molecular complexity index is 88.7. The quantitative estimate of drug-likeness (QED) is 0.438. The Morgan fingerprint density at radius 3 is 2.50 bits per heavy atom. The van der Waals surface area contributed by atoms with Gasteiger partial charge in [-0.05, 0) is 12.8 Å². The highest BCUT2D eigenvalue weighted by molar-refractivity contribution is 9.09. The number of alkyl halides is 1. The smallest absolute Gasteiger partial charge is 0.0326 e. The Labute approximate surface area is 58.1 Å². The summed E-state index contributed by atoms with van der Waals surface area (Å²) in [7, 11) is 0. The molecule has 8 heavy (non-hydrogen) atoms. The van der Waals surface area contributed by atoms with Crippen molar-refractivity contribution in [1.29, 1.82) is 0 Å². The molecule has 0 radical (unpaired) electrons. The summed E-state index contributed by atoms with van der Waals surface area (Å²) in [6.07, 6.45) is 6.47. The van der Waals surface area contributed by atoms with Crippen LogP contribution in [0.5, 0.6) is 0 Å². The molecule has 46 valence electrons. The molecule has 0 heterocycles. The number of nitrogens with two attached hydrogens (primary N) is 1. The summed E-state index contributed by atoms with van der Waals surface area (Å²) in [5.41, 5.74) is 5.59. The van der Waals surface area contributed by atoms with Crippen molar-refractivity contribution in [2.45, 2.75) is 23.7 Å². The van der Waals surface area contributed by atoms with E-state index in [1.165, 1.54) is 6.42 Å². The van der Waals surface area contributed by atoms with Gasteiger partial charge in [0, 0.05) is 10.9 Å². The van der Waals surface area contributed by atoms with Crippen LogP contribution in [-0.2, 0) is 0 Å². The van der Waals surface area contributed by atoms with E-state index in [4.69, 9.17) is 5.73 Å². The summed E-state index contributed by atoms with van der Waals surface area (Å²) in [4.78, 5) is 0.572. The Morgan fingerprint density at radius 1 is 1.38 bits per heavy atom. The van der Waals surface area contributed by atoms with Crippen molar-refractivity contribution in [3.63, 3.8) is 0 Å². The standard InChI is InChI=1S/C6H10BrN/c7-5-1-3-6(8)4-2-5/h1,3,5-6H,2,4,8H2. The number of hydrogen-bond acceptors (Lipinski definition) is 1. The first kappa shape index (κ1) is 6.30. The second-order valence-corrected chi connectivity index (χ2v) is 3.32. The fraction of sp³-hybridized carbons (Fsp3) is 0.667. The van der Waals surface area contributed by atoms with Gasteiger partial charge >= 0.3 is 0 Å². The average Bonchev–Trinajstić information content (AvgIpc) is 1.77. The van der Waals surface area contributed by atoms with Crippen molar-refractivity contribution in [2.24, 2.45) is 5.73 Å². The maximum absolute atomic E-state index is 5.59. The van der Waals surface area contributed by atoms with Crippen LogP contribution in [0.25, 0.3) is 0 Å². The lowest BCUT2D eigenvalue weighted by Crippen LogP contribution is -2.21. The molecule has 2 unspecified atom stereocenters. The molecule has 0 aromatic carbocycles. The molecule has 0 saturated carbocycles. The molecule has 2 heteroatoms. The van der Waals surface area contributed by atoms with E-state index < -0.39 is 0 Å². The van der Waals surface area contributed by atoms with E-state index >= 15 is 0 Å². The topological polar surface area (TPSA) is 26.0 Å². The van der Waals surface area contributed by atoms with Crippen LogP contribution in [0.1, 0.15) is 12.8 Å². The molecule has 0 aliphatic heterocycles. The molecule has 0 bridgehead atoms. The van der Waals surface area contributed by atoms with E-state index in [1.807, 2.05) is 0 Å². The van der Waals surface area contributed by atoms with Gasteiger partial charge in [-0.25, -0.2) is 0 Å². The largest absolute Gasteiger partial charge is 0.324 e. The lowest BCUT2D eigenvalue weighted by Gasteiger charge is -2.14. The van der Waals surface area contributed by atoms with Crippen LogP contribution in [0.15, 0.2) is 12.2 Å². The van der Waals surface area contributed by atoms with E-state index in [-0.39, 0.29) is 0 Å². The summed E-state index contributed by atoms with van der Waals surface area (Å²) in [6, 6.07) is 0.309. The molecule has 0 fully saturated rings. The minimum atomic E-state index is 0.309. The van der Waals surface area contributed by atoms with Crippen molar-refractivity contribution >= 4 is 15.9 Å². The Kier molecular flexibility index (Phi) is 2.08. The van der Waals surface area contributed by atoms with Gasteiger partial charge in [0.2, 0.25) is 0 Å². The van der Waals surface area contributed by atoms with Gasteiger partial charge in [-0.1, -0.05) is 28.1 Å². The van der Waals surface area contributed by atoms with Crippen LogP contribution < -0.4 is 5.73 Å². The third kappa shape index (κ3) is 1.60. The van der Waals surface area contributed by atoms with Crippen LogP contribution in [0, 0.1) is 0 Å². The molecule has 1 aliphatic rings. The number of allylic oxidation sites excluding steroid dienone is 1. The molecule has 0 spiro atoms. The lowest BCUT2D eigenvalue weighted by atomic mass is 10.0. The zero-order valence-electron chi connectivity index (χ0n) is 4.68. The molecule has 1 rings (SSSR count). The van der Waals surface area contributed by atoms with Crippen LogP contribution in [-0.4, -0.2) is 10.9 Å². The van der Waals surface area contributed by atoms with Crippen molar-refractivity contribution in [3.8, 4) is 0 Å². The predicted octanol–water partition coefficient (Wildman–Crippen LogP) is 1.43. The van der Waals surface area contributed by atoms with Crippen LogP contribution >= 0.6 is 15.9 Å². The third-order valence-corrected chi connectivity index (χ3v) is 2.11. The fourth-order valence-corrected chi connectivity index (χ4v) is 1.25. The van der Waals surface area contributed by atoms with E-state index in [1.54, 1.807) is 0 Å². The Hall–Kier alpha value is 0.180. The second-order valence-electron chi connectivity index (χ2n) is 2.14. The second kappa shape index (κ2) is 2.65. The average molecular weight is 176 g/mol. The summed E-state index contributed by atoms with van der Waals surface area (Å²) in [6.45, 7) is 0. The van der Waals surface area contributed by atoms with Gasteiger partial charge < -0.3 is 5.73 Å². The maximum atomic E-state index is 5.59. The monoisotopic (exact) mass is 175 g/mol. The Morgan fingerprint density at radius 2 is 2.12 bits per heavy atom. The molecule has 0 aromatic heterocycles. The molecule has 1 nitrogen and oxygen atoms in total. The molecule has 0 aromatic rings. The van der Waals surface area contributed by atoms with E-state index in [2.05, 4.69) is 28.1 Å². The van der Waals surface area contributed by atoms with Crippen molar-refractivity contribution in [3.05, 3.63) is 12.2 Å². The zero-order chi connectivity index (χ0) is 5.98. The molecule has 0 saturated heterocycles. The predicted molar refractivity (Wildman–Crippen MR) is 39.1 cm³/mol. The van der Waals surface area contributed by atoms with Gasteiger partial charge in [0.1, 0.15) is 0 Å². The summed E-state index contributed by atoms with van der Waals surface area (Å²) in [5.74, 6) is 0. The van der Waals surface area contributed by atoms with Gasteiger partial charge in [-0.3, -0.25) is 0 Å². The minimum absolute atomic E-state index is 0.309. The normalized spacial score (nSPS) is 37.8. The first-order valence-corrected chi connectivity index (χ1v) is 3.78. The number of halogens is 1. The highest BCUT2D eigenvalue weighted by atomic mass is 79.9. The van der Waals surface area contributed by atoms with E-state index in [0.717, 1.165) is 6.42 Å². The SMILES string of the molecule is NC1C=CC(Br)CC1. The van der Waals surface area contributed by atoms with Crippen LogP contribution in [0.3, 0.4) is 0 Å². The molecular weight excluding hydrogens is 166 g/mol. The first-order chi connectivity index (χ1) is 3.79. The van der Waals surface area contributed by atoms with Crippen molar-refractivity contribution < 1.29 is 0 Å². The van der Waals surface area contributed by atoms with Gasteiger partial charge in [0.15, 0.2) is 0 Å². The highest BCUT2D eigenvalue weighted by Crippen LogP contribution is 2.15. The van der Waals surface area contributed by atoms with Crippen molar-refractivity contribution in [1.82, 2.24) is 0 Å². The highest BCUT2D eigenvalue weighted by Gasteiger charge is 2.07. The van der Waals surface area contributed by atoms with Gasteiger partial charge in [0.25, 0.3) is 0 Å². The van der Waals surface area contributed by atoms with Crippen molar-refractivity contribution in [2.75, 3.05) is 0 Å². The first-order valence-electron chi connectivity index (χ1n) is 2.87. The number of hydrogen-bond donors (Lipinski definition) is 1. The molecule has 2 N–H and O–H groups in total. The Balaban J connectivity index is 2.42. The molecule has 0 amide bonds. The summed E-state index contributed by atoms with van der Waals surface area (Å²) < 4.78 is 0. The lowest BCUT2D eigenvalue weighted by molar-refractivity contribution is 0.657. The van der Waals surface area contributed by atoms with Gasteiger partial charge in [-0.2, -0.15) is 0 Å².